The Balaban J connectivity index is 2.03. The number of urea groups is 1. The summed E-state index contributed by atoms with van der Waals surface area (Å²) < 4.78 is 11.0. The molecule has 1 aromatic rings. The highest BCUT2D eigenvalue weighted by molar-refractivity contribution is 5.74. The first-order chi connectivity index (χ1) is 10.2. The van der Waals surface area contributed by atoms with Crippen molar-refractivity contribution in [2.45, 2.75) is 32.4 Å². The van der Waals surface area contributed by atoms with E-state index in [1.807, 2.05) is 43.0 Å². The molecular weight excluding hydrogens is 268 g/mol. The summed E-state index contributed by atoms with van der Waals surface area (Å²) >= 11 is 0. The van der Waals surface area contributed by atoms with E-state index in [1.54, 1.807) is 7.11 Å². The third kappa shape index (κ3) is 3.88. The summed E-state index contributed by atoms with van der Waals surface area (Å²) in [6, 6.07) is 7.89. The minimum Gasteiger partial charge on any atom is -0.497 e. The van der Waals surface area contributed by atoms with Crippen molar-refractivity contribution in [2.24, 2.45) is 0 Å². The van der Waals surface area contributed by atoms with Gasteiger partial charge in [-0.3, -0.25) is 0 Å². The number of amides is 2. The number of nitrogens with one attached hydrogen (secondary N) is 1. The number of carbonyl (C=O) groups is 1. The molecule has 1 aliphatic rings. The van der Waals surface area contributed by atoms with Gasteiger partial charge in [-0.1, -0.05) is 19.1 Å². The van der Waals surface area contributed by atoms with Crippen LogP contribution in [0.1, 0.15) is 31.9 Å². The normalized spacial score (nSPS) is 22.0. The third-order valence-corrected chi connectivity index (χ3v) is 3.71. The molecule has 0 aliphatic carbocycles. The first kappa shape index (κ1) is 15.6. The van der Waals surface area contributed by atoms with E-state index in [0.29, 0.717) is 19.7 Å². The maximum absolute atomic E-state index is 12.2. The van der Waals surface area contributed by atoms with Crippen LogP contribution in [0.3, 0.4) is 0 Å². The van der Waals surface area contributed by atoms with Gasteiger partial charge in [-0.2, -0.15) is 0 Å². The molecule has 1 aliphatic heterocycles. The number of hydrogen-bond donors (Lipinski definition) is 1. The number of hydrogen-bond acceptors (Lipinski definition) is 3. The smallest absolute Gasteiger partial charge is 0.317 e. The molecule has 1 saturated heterocycles. The van der Waals surface area contributed by atoms with Crippen molar-refractivity contribution in [3.8, 4) is 5.75 Å². The highest BCUT2D eigenvalue weighted by atomic mass is 16.5. The second kappa shape index (κ2) is 7.31. The lowest BCUT2D eigenvalue weighted by molar-refractivity contribution is -0.0427. The first-order valence-corrected chi connectivity index (χ1v) is 7.45. The van der Waals surface area contributed by atoms with Crippen LogP contribution in [0, 0.1) is 0 Å². The lowest BCUT2D eigenvalue weighted by Gasteiger charge is -2.38. The highest BCUT2D eigenvalue weighted by Gasteiger charge is 2.30. The SMILES string of the molecule is CCCNC(=O)N1CC(c2ccc(OC)cc2)OCC1C. The monoisotopic (exact) mass is 292 g/mol. The number of rotatable bonds is 4. The van der Waals surface area contributed by atoms with Gasteiger partial charge in [-0.15, -0.1) is 0 Å². The summed E-state index contributed by atoms with van der Waals surface area (Å²) in [5.41, 5.74) is 1.07. The highest BCUT2D eigenvalue weighted by Crippen LogP contribution is 2.26. The second-order valence-corrected chi connectivity index (χ2v) is 5.33. The third-order valence-electron chi connectivity index (χ3n) is 3.71. The lowest BCUT2D eigenvalue weighted by Crippen LogP contribution is -2.52. The van der Waals surface area contributed by atoms with E-state index in [9.17, 15) is 4.79 Å². The number of benzene rings is 1. The van der Waals surface area contributed by atoms with Gasteiger partial charge in [0.05, 0.1) is 26.3 Å². The van der Waals surface area contributed by atoms with Crippen molar-refractivity contribution in [3.63, 3.8) is 0 Å². The Morgan fingerprint density at radius 3 is 2.76 bits per heavy atom. The molecular formula is C16H24N2O3. The van der Waals surface area contributed by atoms with Gasteiger partial charge in [0.15, 0.2) is 0 Å². The topological polar surface area (TPSA) is 50.8 Å². The molecule has 2 rings (SSSR count). The number of carbonyl (C=O) groups excluding carboxylic acids is 1. The van der Waals surface area contributed by atoms with E-state index < -0.39 is 0 Å². The number of nitrogens with zero attached hydrogens (tertiary/aromatic N) is 1. The molecule has 1 aromatic carbocycles. The summed E-state index contributed by atoms with van der Waals surface area (Å²) in [5.74, 6) is 0.820. The van der Waals surface area contributed by atoms with Gasteiger partial charge in [-0.05, 0) is 31.0 Å². The summed E-state index contributed by atoms with van der Waals surface area (Å²) in [4.78, 5) is 14.0. The van der Waals surface area contributed by atoms with Crippen molar-refractivity contribution in [3.05, 3.63) is 29.8 Å². The van der Waals surface area contributed by atoms with Crippen molar-refractivity contribution < 1.29 is 14.3 Å². The molecule has 2 unspecified atom stereocenters. The molecule has 0 bridgehead atoms. The lowest BCUT2D eigenvalue weighted by atomic mass is 10.1. The Bertz CT molecular complexity index is 461. The molecule has 21 heavy (non-hydrogen) atoms. The van der Waals surface area contributed by atoms with Gasteiger partial charge in [0.1, 0.15) is 11.9 Å². The number of morpholine rings is 1. The van der Waals surface area contributed by atoms with Crippen LogP contribution in [-0.2, 0) is 4.74 Å². The molecule has 2 atom stereocenters. The van der Waals surface area contributed by atoms with Crippen molar-refractivity contribution in [2.75, 3.05) is 26.8 Å². The zero-order chi connectivity index (χ0) is 15.2. The van der Waals surface area contributed by atoms with E-state index in [2.05, 4.69) is 5.32 Å². The molecule has 1 N–H and O–H groups in total. The second-order valence-electron chi connectivity index (χ2n) is 5.33. The molecule has 0 saturated carbocycles. The number of methoxy groups -OCH3 is 1. The predicted octanol–water partition coefficient (Wildman–Crippen LogP) is 2.58. The summed E-state index contributed by atoms with van der Waals surface area (Å²) in [6.07, 6.45) is 0.853. The first-order valence-electron chi connectivity index (χ1n) is 7.45. The molecule has 0 aromatic heterocycles. The van der Waals surface area contributed by atoms with Crippen molar-refractivity contribution in [1.29, 1.82) is 0 Å². The van der Waals surface area contributed by atoms with Crippen LogP contribution in [0.25, 0.3) is 0 Å². The maximum Gasteiger partial charge on any atom is 0.317 e. The standard InChI is InChI=1S/C16H24N2O3/c1-4-9-17-16(19)18-10-15(21-11-12(18)2)13-5-7-14(20-3)8-6-13/h5-8,12,15H,4,9-11H2,1-3H3,(H,17,19). The molecule has 2 amide bonds. The van der Waals surface area contributed by atoms with E-state index in [-0.39, 0.29) is 18.2 Å². The van der Waals surface area contributed by atoms with Gasteiger partial charge in [-0.25, -0.2) is 4.79 Å². The minimum atomic E-state index is -0.0838. The Morgan fingerprint density at radius 1 is 1.43 bits per heavy atom. The average Bonchev–Trinajstić information content (AvgIpc) is 2.53. The molecule has 0 spiro atoms. The van der Waals surface area contributed by atoms with Crippen LogP contribution in [-0.4, -0.2) is 43.8 Å². The van der Waals surface area contributed by atoms with Crippen LogP contribution in [0.5, 0.6) is 5.75 Å². The molecule has 1 fully saturated rings. The fourth-order valence-electron chi connectivity index (χ4n) is 2.39. The van der Waals surface area contributed by atoms with Crippen LogP contribution in [0.4, 0.5) is 4.79 Å². The van der Waals surface area contributed by atoms with E-state index in [1.165, 1.54) is 0 Å². The predicted molar refractivity (Wildman–Crippen MR) is 81.5 cm³/mol. The van der Waals surface area contributed by atoms with Gasteiger partial charge in [0, 0.05) is 6.54 Å². The Labute approximate surface area is 126 Å². The van der Waals surface area contributed by atoms with Gasteiger partial charge < -0.3 is 19.7 Å². The quantitative estimate of drug-likeness (QED) is 0.928. The van der Waals surface area contributed by atoms with E-state index >= 15 is 0 Å². The van der Waals surface area contributed by atoms with Gasteiger partial charge >= 0.3 is 6.03 Å². The fraction of sp³-hybridized carbons (Fsp3) is 0.562. The maximum atomic E-state index is 12.2. The zero-order valence-electron chi connectivity index (χ0n) is 13.0. The van der Waals surface area contributed by atoms with Crippen molar-refractivity contribution in [1.82, 2.24) is 10.2 Å². The number of ether oxygens (including phenoxy) is 2. The molecule has 116 valence electrons. The van der Waals surface area contributed by atoms with Crippen LogP contribution >= 0.6 is 0 Å². The van der Waals surface area contributed by atoms with E-state index in [4.69, 9.17) is 9.47 Å². The van der Waals surface area contributed by atoms with Crippen LogP contribution in [0.2, 0.25) is 0 Å². The molecule has 1 heterocycles. The Kier molecular flexibility index (Phi) is 5.44. The fourth-order valence-corrected chi connectivity index (χ4v) is 2.39. The van der Waals surface area contributed by atoms with Crippen LogP contribution < -0.4 is 10.1 Å². The summed E-state index contributed by atoms with van der Waals surface area (Å²) in [6.45, 7) is 5.88. The minimum absolute atomic E-state index is 0.00818. The molecule has 5 heteroatoms. The van der Waals surface area contributed by atoms with E-state index in [0.717, 1.165) is 17.7 Å². The zero-order valence-corrected chi connectivity index (χ0v) is 13.0. The largest absolute Gasteiger partial charge is 0.497 e. The molecule has 0 radical (unpaired) electrons. The average molecular weight is 292 g/mol. The summed E-state index contributed by atoms with van der Waals surface area (Å²) in [5, 5.41) is 2.93. The van der Waals surface area contributed by atoms with Crippen molar-refractivity contribution >= 4 is 6.03 Å². The Morgan fingerprint density at radius 2 is 2.14 bits per heavy atom. The Hall–Kier alpha value is -1.75. The van der Waals surface area contributed by atoms with Crippen LogP contribution in [0.15, 0.2) is 24.3 Å². The molecule has 5 nitrogen and oxygen atoms in total. The van der Waals surface area contributed by atoms with Gasteiger partial charge in [0.2, 0.25) is 0 Å². The summed E-state index contributed by atoms with van der Waals surface area (Å²) in [7, 11) is 1.65. The van der Waals surface area contributed by atoms with Gasteiger partial charge in [0.25, 0.3) is 0 Å².